The first-order valence-electron chi connectivity index (χ1n) is 3.80. The highest BCUT2D eigenvalue weighted by molar-refractivity contribution is 5.75. The maximum atomic E-state index is 10.8. The maximum absolute atomic E-state index is 10.8. The molecule has 11 heavy (non-hydrogen) atoms. The summed E-state index contributed by atoms with van der Waals surface area (Å²) in [6.45, 7) is 2.29. The second-order valence-corrected chi connectivity index (χ2v) is 2.18. The minimum atomic E-state index is -0.00264. The van der Waals surface area contributed by atoms with Gasteiger partial charge in [-0.2, -0.15) is 0 Å². The molecule has 0 spiro atoms. The third kappa shape index (κ3) is 7.06. The molecule has 0 aliphatic rings. The van der Waals surface area contributed by atoms with Crippen molar-refractivity contribution in [2.24, 2.45) is 0 Å². The van der Waals surface area contributed by atoms with Crippen LogP contribution in [0, 0.1) is 0 Å². The van der Waals surface area contributed by atoms with Crippen LogP contribution in [0.15, 0.2) is 12.2 Å². The van der Waals surface area contributed by atoms with E-state index in [4.69, 9.17) is 5.11 Å². The molecule has 0 aromatic carbocycles. The van der Waals surface area contributed by atoms with Gasteiger partial charge in [-0.3, -0.25) is 4.79 Å². The van der Waals surface area contributed by atoms with E-state index in [9.17, 15) is 4.79 Å². The van der Waals surface area contributed by atoms with Crippen molar-refractivity contribution in [3.05, 3.63) is 12.2 Å². The highest BCUT2D eigenvalue weighted by Gasteiger charge is 1.95. The number of aliphatic hydroxyl groups excluding tert-OH is 1. The molecule has 0 radical (unpaired) electrons. The fourth-order valence-electron chi connectivity index (χ4n) is 0.665. The second-order valence-electron chi connectivity index (χ2n) is 2.18. The van der Waals surface area contributed by atoms with Gasteiger partial charge in [-0.05, 0) is 13.3 Å². The minimum Gasteiger partial charge on any atom is -0.395 e. The number of hydrogen-bond acceptors (Lipinski definition) is 2. The second kappa shape index (κ2) is 7.28. The number of hydrogen-bond donors (Lipinski definition) is 2. The van der Waals surface area contributed by atoms with Gasteiger partial charge in [-0.25, -0.2) is 0 Å². The van der Waals surface area contributed by atoms with Gasteiger partial charge in [0.2, 0.25) is 5.91 Å². The van der Waals surface area contributed by atoms with Gasteiger partial charge in [0.15, 0.2) is 0 Å². The van der Waals surface area contributed by atoms with Crippen LogP contribution >= 0.6 is 0 Å². The van der Waals surface area contributed by atoms with E-state index < -0.39 is 0 Å². The molecular formula is C8H15NO2. The third-order valence-corrected chi connectivity index (χ3v) is 1.21. The Morgan fingerprint density at radius 3 is 2.91 bits per heavy atom. The van der Waals surface area contributed by atoms with Crippen LogP contribution < -0.4 is 5.32 Å². The predicted molar refractivity (Wildman–Crippen MR) is 44.1 cm³/mol. The van der Waals surface area contributed by atoms with Crippen molar-refractivity contribution >= 4 is 5.91 Å². The molecule has 3 heteroatoms. The maximum Gasteiger partial charge on any atom is 0.220 e. The van der Waals surface area contributed by atoms with Crippen molar-refractivity contribution in [3.8, 4) is 0 Å². The Bertz CT molecular complexity index is 132. The Labute approximate surface area is 67.1 Å². The van der Waals surface area contributed by atoms with Gasteiger partial charge in [0, 0.05) is 13.0 Å². The molecule has 1 amide bonds. The summed E-state index contributed by atoms with van der Waals surface area (Å²) in [6, 6.07) is 0. The lowest BCUT2D eigenvalue weighted by molar-refractivity contribution is -0.121. The molecule has 0 bridgehead atoms. The summed E-state index contributed by atoms with van der Waals surface area (Å²) in [5.74, 6) is -0.00264. The molecule has 0 heterocycles. The first-order chi connectivity index (χ1) is 5.31. The molecule has 0 aliphatic carbocycles. The summed E-state index contributed by atoms with van der Waals surface area (Å²) in [6.07, 6.45) is 5.13. The smallest absolute Gasteiger partial charge is 0.220 e. The highest BCUT2D eigenvalue weighted by Crippen LogP contribution is 1.89. The molecule has 0 aromatic rings. The van der Waals surface area contributed by atoms with Crippen LogP contribution in [0.2, 0.25) is 0 Å². The summed E-state index contributed by atoms with van der Waals surface area (Å²) in [5.41, 5.74) is 0. The molecule has 0 unspecified atom stereocenters. The molecule has 0 aromatic heterocycles. The molecule has 0 fully saturated rings. The average Bonchev–Trinajstić information content (AvgIpc) is 2.01. The number of carbonyl (C=O) groups is 1. The Morgan fingerprint density at radius 1 is 1.64 bits per heavy atom. The van der Waals surface area contributed by atoms with Crippen LogP contribution in [0.4, 0.5) is 0 Å². The van der Waals surface area contributed by atoms with E-state index in [0.717, 1.165) is 6.42 Å². The number of allylic oxidation sites excluding steroid dienone is 2. The van der Waals surface area contributed by atoms with E-state index in [1.165, 1.54) is 0 Å². The quantitative estimate of drug-likeness (QED) is 0.569. The van der Waals surface area contributed by atoms with Gasteiger partial charge in [0.05, 0.1) is 6.61 Å². The van der Waals surface area contributed by atoms with Crippen molar-refractivity contribution in [1.29, 1.82) is 0 Å². The van der Waals surface area contributed by atoms with Gasteiger partial charge in [0.1, 0.15) is 0 Å². The molecule has 3 nitrogen and oxygen atoms in total. The van der Waals surface area contributed by atoms with Gasteiger partial charge in [-0.15, -0.1) is 0 Å². The molecule has 0 rings (SSSR count). The van der Waals surface area contributed by atoms with E-state index >= 15 is 0 Å². The predicted octanol–water partition coefficient (Wildman–Crippen LogP) is 0.451. The summed E-state index contributed by atoms with van der Waals surface area (Å²) < 4.78 is 0. The van der Waals surface area contributed by atoms with Crippen LogP contribution in [0.1, 0.15) is 19.8 Å². The number of carbonyl (C=O) groups excluding carboxylic acids is 1. The van der Waals surface area contributed by atoms with Crippen molar-refractivity contribution in [1.82, 2.24) is 5.32 Å². The lowest BCUT2D eigenvalue weighted by atomic mass is 10.3. The van der Waals surface area contributed by atoms with E-state index in [2.05, 4.69) is 5.32 Å². The van der Waals surface area contributed by atoms with Crippen molar-refractivity contribution in [2.45, 2.75) is 19.8 Å². The Balaban J connectivity index is 3.22. The molecular weight excluding hydrogens is 142 g/mol. The van der Waals surface area contributed by atoms with E-state index in [1.54, 1.807) is 0 Å². The molecule has 2 N–H and O–H groups in total. The Kier molecular flexibility index (Phi) is 6.73. The molecule has 0 saturated carbocycles. The zero-order chi connectivity index (χ0) is 8.53. The van der Waals surface area contributed by atoms with Gasteiger partial charge < -0.3 is 10.4 Å². The van der Waals surface area contributed by atoms with Crippen LogP contribution in [0.3, 0.4) is 0 Å². The summed E-state index contributed by atoms with van der Waals surface area (Å²) >= 11 is 0. The van der Waals surface area contributed by atoms with Crippen LogP contribution in [-0.2, 0) is 4.79 Å². The highest BCUT2D eigenvalue weighted by atomic mass is 16.3. The fraction of sp³-hybridized carbons (Fsp3) is 0.625. The van der Waals surface area contributed by atoms with Crippen molar-refractivity contribution in [3.63, 3.8) is 0 Å². The zero-order valence-corrected chi connectivity index (χ0v) is 6.84. The van der Waals surface area contributed by atoms with Crippen LogP contribution in [0.5, 0.6) is 0 Å². The standard InChI is InChI=1S/C8H15NO2/c1-2-3-4-5-8(11)9-6-7-10/h2-3,10H,4-7H2,1H3,(H,9,11). The van der Waals surface area contributed by atoms with Crippen molar-refractivity contribution in [2.75, 3.05) is 13.2 Å². The first-order valence-corrected chi connectivity index (χ1v) is 3.80. The summed E-state index contributed by atoms with van der Waals surface area (Å²) in [5, 5.41) is 10.9. The number of nitrogens with one attached hydrogen (secondary N) is 1. The van der Waals surface area contributed by atoms with Gasteiger partial charge >= 0.3 is 0 Å². The molecule has 64 valence electrons. The van der Waals surface area contributed by atoms with E-state index in [0.29, 0.717) is 13.0 Å². The largest absolute Gasteiger partial charge is 0.395 e. The van der Waals surface area contributed by atoms with Crippen LogP contribution in [0.25, 0.3) is 0 Å². The lowest BCUT2D eigenvalue weighted by Gasteiger charge is -1.99. The SMILES string of the molecule is CC=CCCC(=O)NCCO. The monoisotopic (exact) mass is 157 g/mol. The molecule has 0 atom stereocenters. The normalized spacial score (nSPS) is 10.4. The Morgan fingerprint density at radius 2 is 2.36 bits per heavy atom. The molecule has 0 aliphatic heterocycles. The minimum absolute atomic E-state index is 0.00264. The number of aliphatic hydroxyl groups is 1. The van der Waals surface area contributed by atoms with Crippen LogP contribution in [-0.4, -0.2) is 24.2 Å². The number of rotatable bonds is 5. The average molecular weight is 157 g/mol. The van der Waals surface area contributed by atoms with E-state index in [1.807, 2.05) is 19.1 Å². The third-order valence-electron chi connectivity index (χ3n) is 1.21. The number of amides is 1. The van der Waals surface area contributed by atoms with Gasteiger partial charge in [-0.1, -0.05) is 12.2 Å². The molecule has 0 saturated heterocycles. The van der Waals surface area contributed by atoms with Crippen molar-refractivity contribution < 1.29 is 9.90 Å². The fourth-order valence-corrected chi connectivity index (χ4v) is 0.665. The van der Waals surface area contributed by atoms with E-state index in [-0.39, 0.29) is 12.5 Å². The Hall–Kier alpha value is -0.830. The summed E-state index contributed by atoms with van der Waals surface area (Å²) in [4.78, 5) is 10.8. The first kappa shape index (κ1) is 10.2. The zero-order valence-electron chi connectivity index (χ0n) is 6.84. The van der Waals surface area contributed by atoms with Gasteiger partial charge in [0.25, 0.3) is 0 Å². The lowest BCUT2D eigenvalue weighted by Crippen LogP contribution is -2.25. The topological polar surface area (TPSA) is 49.3 Å². The summed E-state index contributed by atoms with van der Waals surface area (Å²) in [7, 11) is 0.